The van der Waals surface area contributed by atoms with Gasteiger partial charge in [0.05, 0.1) is 0 Å². The number of carbonyl (C=O) groups excluding carboxylic acids is 1. The molecule has 0 N–H and O–H groups in total. The van der Waals surface area contributed by atoms with E-state index < -0.39 is 0 Å². The maximum Gasteiger partial charge on any atom is 0.244 e. The molecule has 24 heavy (non-hydrogen) atoms. The molecule has 1 aliphatic heterocycles. The number of nitrogens with zero attached hydrogens (tertiary/aromatic N) is 5. The van der Waals surface area contributed by atoms with E-state index in [9.17, 15) is 4.79 Å². The summed E-state index contributed by atoms with van der Waals surface area (Å²) >= 11 is 0. The number of anilines is 1. The van der Waals surface area contributed by atoms with Gasteiger partial charge in [-0.25, -0.2) is 9.97 Å². The van der Waals surface area contributed by atoms with E-state index >= 15 is 0 Å². The van der Waals surface area contributed by atoms with E-state index in [1.807, 2.05) is 32.2 Å². The Kier molecular flexibility index (Phi) is 3.67. The van der Waals surface area contributed by atoms with E-state index in [1.54, 1.807) is 11.1 Å². The summed E-state index contributed by atoms with van der Waals surface area (Å²) in [5.41, 5.74) is 3.10. The number of aryl methyl sites for hydroxylation is 1. The van der Waals surface area contributed by atoms with Gasteiger partial charge < -0.3 is 9.80 Å². The fraction of sp³-hybridized carbons (Fsp3) is 0.444. The Labute approximate surface area is 141 Å². The lowest BCUT2D eigenvalue weighted by Crippen LogP contribution is -2.55. The number of amides is 1. The molecule has 1 aliphatic carbocycles. The number of hydrogen-bond donors (Lipinski definition) is 0. The van der Waals surface area contributed by atoms with Crippen LogP contribution in [0.4, 0.5) is 5.82 Å². The minimum Gasteiger partial charge on any atom is -0.343 e. The first kappa shape index (κ1) is 15.1. The first-order chi connectivity index (χ1) is 11.6. The number of hydrogen-bond acceptors (Lipinski definition) is 5. The van der Waals surface area contributed by atoms with Gasteiger partial charge in [-0.3, -0.25) is 9.78 Å². The summed E-state index contributed by atoms with van der Waals surface area (Å²) in [7, 11) is 1.86. The van der Waals surface area contributed by atoms with E-state index in [2.05, 4.69) is 9.88 Å². The predicted octanol–water partition coefficient (Wildman–Crippen LogP) is 1.69. The first-order valence-electron chi connectivity index (χ1n) is 8.48. The van der Waals surface area contributed by atoms with Crippen LogP contribution in [0, 0.1) is 0 Å². The Bertz CT molecular complexity index is 776. The number of rotatable bonds is 2. The van der Waals surface area contributed by atoms with Gasteiger partial charge in [0.15, 0.2) is 5.82 Å². The van der Waals surface area contributed by atoms with E-state index in [4.69, 9.17) is 9.97 Å². The second-order valence-electron chi connectivity index (χ2n) is 6.49. The molecule has 0 bridgehead atoms. The number of likely N-dealkylation sites (N-methyl/N-ethyl adjacent to an activating group) is 1. The van der Waals surface area contributed by atoms with E-state index in [-0.39, 0.29) is 11.9 Å². The fourth-order valence-electron chi connectivity index (χ4n) is 3.56. The molecule has 1 atom stereocenters. The first-order valence-corrected chi connectivity index (χ1v) is 8.48. The summed E-state index contributed by atoms with van der Waals surface area (Å²) in [5.74, 6) is 1.72. The Hall–Kier alpha value is -2.50. The van der Waals surface area contributed by atoms with Gasteiger partial charge in [-0.1, -0.05) is 6.07 Å². The quantitative estimate of drug-likeness (QED) is 0.842. The molecule has 4 rings (SSSR count). The van der Waals surface area contributed by atoms with Crippen molar-refractivity contribution in [3.63, 3.8) is 0 Å². The highest BCUT2D eigenvalue weighted by Gasteiger charge is 2.33. The molecule has 0 aromatic carbocycles. The van der Waals surface area contributed by atoms with Crippen molar-refractivity contribution in [1.29, 1.82) is 0 Å². The number of fused-ring (bicyclic) bond motifs is 1. The average molecular weight is 323 g/mol. The van der Waals surface area contributed by atoms with Gasteiger partial charge in [0.2, 0.25) is 5.91 Å². The van der Waals surface area contributed by atoms with Crippen LogP contribution in [0.2, 0.25) is 0 Å². The van der Waals surface area contributed by atoms with Gasteiger partial charge in [-0.15, -0.1) is 0 Å². The SMILES string of the molecule is CC1C(=O)N(C)CCN1c1nc(-c2ccccn2)nc2c1CCC2. The molecule has 2 aromatic heterocycles. The molecule has 0 radical (unpaired) electrons. The number of pyridine rings is 1. The second-order valence-corrected chi connectivity index (χ2v) is 6.49. The monoisotopic (exact) mass is 323 g/mol. The van der Waals surface area contributed by atoms with Gasteiger partial charge in [-0.05, 0) is 38.3 Å². The number of carbonyl (C=O) groups is 1. The van der Waals surface area contributed by atoms with Crippen molar-refractivity contribution in [1.82, 2.24) is 19.9 Å². The second kappa shape index (κ2) is 5.85. The lowest BCUT2D eigenvalue weighted by Gasteiger charge is -2.39. The molecular weight excluding hydrogens is 302 g/mol. The summed E-state index contributed by atoms with van der Waals surface area (Å²) < 4.78 is 0. The Morgan fingerprint density at radius 2 is 2.04 bits per heavy atom. The molecule has 1 saturated heterocycles. The Morgan fingerprint density at radius 1 is 1.17 bits per heavy atom. The Balaban J connectivity index is 1.80. The summed E-state index contributed by atoms with van der Waals surface area (Å²) in [6.45, 7) is 3.48. The molecule has 3 heterocycles. The van der Waals surface area contributed by atoms with E-state index in [0.29, 0.717) is 5.82 Å². The van der Waals surface area contributed by atoms with Crippen molar-refractivity contribution >= 4 is 11.7 Å². The zero-order valence-electron chi connectivity index (χ0n) is 14.1. The molecule has 1 amide bonds. The van der Waals surface area contributed by atoms with Crippen molar-refractivity contribution in [3.05, 3.63) is 35.7 Å². The van der Waals surface area contributed by atoms with Crippen LogP contribution in [0.1, 0.15) is 24.6 Å². The summed E-state index contributed by atoms with van der Waals surface area (Å²) in [4.78, 5) is 30.3. The maximum atomic E-state index is 12.4. The molecule has 2 aromatic rings. The largest absolute Gasteiger partial charge is 0.343 e. The Morgan fingerprint density at radius 3 is 2.83 bits per heavy atom. The lowest BCUT2D eigenvalue weighted by molar-refractivity contribution is -0.132. The normalized spacial score (nSPS) is 20.4. The van der Waals surface area contributed by atoms with Crippen molar-refractivity contribution in [2.45, 2.75) is 32.2 Å². The van der Waals surface area contributed by atoms with Crippen molar-refractivity contribution in [2.75, 3.05) is 25.0 Å². The molecule has 6 heteroatoms. The van der Waals surface area contributed by atoms with Crippen molar-refractivity contribution in [3.8, 4) is 11.5 Å². The third-order valence-corrected chi connectivity index (χ3v) is 4.95. The predicted molar refractivity (Wildman–Crippen MR) is 91.7 cm³/mol. The van der Waals surface area contributed by atoms with Gasteiger partial charge in [-0.2, -0.15) is 0 Å². The van der Waals surface area contributed by atoms with Crippen molar-refractivity contribution in [2.24, 2.45) is 0 Å². The summed E-state index contributed by atoms with van der Waals surface area (Å²) in [6, 6.07) is 5.57. The van der Waals surface area contributed by atoms with Crippen LogP contribution in [-0.2, 0) is 17.6 Å². The van der Waals surface area contributed by atoms with Crippen LogP contribution < -0.4 is 4.90 Å². The maximum absolute atomic E-state index is 12.4. The topological polar surface area (TPSA) is 62.2 Å². The third-order valence-electron chi connectivity index (χ3n) is 4.95. The molecule has 6 nitrogen and oxygen atoms in total. The highest BCUT2D eigenvalue weighted by Crippen LogP contribution is 2.32. The van der Waals surface area contributed by atoms with Crippen LogP contribution in [0.5, 0.6) is 0 Å². The highest BCUT2D eigenvalue weighted by atomic mass is 16.2. The fourth-order valence-corrected chi connectivity index (χ4v) is 3.56. The van der Waals surface area contributed by atoms with E-state index in [1.165, 1.54) is 5.56 Å². The van der Waals surface area contributed by atoms with E-state index in [0.717, 1.165) is 49.6 Å². The number of aromatic nitrogens is 3. The van der Waals surface area contributed by atoms with Crippen LogP contribution in [0.15, 0.2) is 24.4 Å². The van der Waals surface area contributed by atoms with Crippen LogP contribution in [-0.4, -0.2) is 51.9 Å². The summed E-state index contributed by atoms with van der Waals surface area (Å²) in [6.07, 6.45) is 4.81. The standard InChI is InChI=1S/C18H21N5O/c1-12-18(24)22(2)10-11-23(12)17-13-6-5-8-14(13)20-16(21-17)15-7-3-4-9-19-15/h3-4,7,9,12H,5-6,8,10-11H2,1-2H3. The molecule has 2 aliphatic rings. The summed E-state index contributed by atoms with van der Waals surface area (Å²) in [5, 5.41) is 0. The average Bonchev–Trinajstić information content (AvgIpc) is 3.09. The minimum atomic E-state index is -0.195. The van der Waals surface area contributed by atoms with Crippen LogP contribution in [0.3, 0.4) is 0 Å². The zero-order valence-corrected chi connectivity index (χ0v) is 14.1. The smallest absolute Gasteiger partial charge is 0.244 e. The lowest BCUT2D eigenvalue weighted by atomic mass is 10.1. The zero-order chi connectivity index (χ0) is 16.7. The highest BCUT2D eigenvalue weighted by molar-refractivity contribution is 5.86. The molecule has 124 valence electrons. The van der Waals surface area contributed by atoms with Gasteiger partial charge >= 0.3 is 0 Å². The van der Waals surface area contributed by atoms with Gasteiger partial charge in [0.25, 0.3) is 0 Å². The third kappa shape index (κ3) is 2.42. The van der Waals surface area contributed by atoms with Crippen LogP contribution in [0.25, 0.3) is 11.5 Å². The molecular formula is C18H21N5O. The molecule has 1 fully saturated rings. The van der Waals surface area contributed by atoms with Crippen LogP contribution >= 0.6 is 0 Å². The van der Waals surface area contributed by atoms with Gasteiger partial charge in [0.1, 0.15) is 17.6 Å². The molecule has 0 saturated carbocycles. The van der Waals surface area contributed by atoms with Gasteiger partial charge in [0, 0.05) is 37.6 Å². The molecule has 1 unspecified atom stereocenters. The van der Waals surface area contributed by atoms with Crippen molar-refractivity contribution < 1.29 is 4.79 Å². The number of piperazine rings is 1. The minimum absolute atomic E-state index is 0.144. The molecule has 0 spiro atoms.